The van der Waals surface area contributed by atoms with Crippen LogP contribution < -0.4 is 4.72 Å². The van der Waals surface area contributed by atoms with Crippen LogP contribution in [0.15, 0.2) is 47.4 Å². The van der Waals surface area contributed by atoms with Crippen LogP contribution in [0.5, 0.6) is 0 Å². The van der Waals surface area contributed by atoms with Crippen LogP contribution in [-0.2, 0) is 21.9 Å². The standard InChI is InChI=1S/C23H26ClN3O4S/c1-6-18-21(22(28)29)14(2)27(25-18)20-13-16(24)9-12-19(20)26-32(30,31)17-10-7-15(8-11-17)23(3,4)5/h7-13,26H,6H2,1-5H3,(H,28,29). The molecule has 0 unspecified atom stereocenters. The fraction of sp³-hybridized carbons (Fsp3) is 0.304. The molecule has 0 spiro atoms. The van der Waals surface area contributed by atoms with Crippen molar-refractivity contribution < 1.29 is 18.3 Å². The van der Waals surface area contributed by atoms with Crippen molar-refractivity contribution in [1.29, 1.82) is 0 Å². The molecule has 2 N–H and O–H groups in total. The average molecular weight is 476 g/mol. The molecule has 0 saturated carbocycles. The van der Waals surface area contributed by atoms with Crippen LogP contribution in [0, 0.1) is 6.92 Å². The largest absolute Gasteiger partial charge is 0.478 e. The number of sulfonamides is 1. The molecule has 0 aliphatic rings. The lowest BCUT2D eigenvalue weighted by Crippen LogP contribution is -2.16. The van der Waals surface area contributed by atoms with Gasteiger partial charge >= 0.3 is 5.97 Å². The summed E-state index contributed by atoms with van der Waals surface area (Å²) in [5.74, 6) is -1.09. The minimum absolute atomic E-state index is 0.0963. The van der Waals surface area contributed by atoms with E-state index in [0.29, 0.717) is 28.5 Å². The van der Waals surface area contributed by atoms with Crippen LogP contribution in [0.2, 0.25) is 5.02 Å². The second-order valence-corrected chi connectivity index (χ2v) is 10.6. The fourth-order valence-corrected chi connectivity index (χ4v) is 4.67. The number of rotatable bonds is 6. The number of aryl methyl sites for hydroxylation is 1. The molecule has 3 aromatic rings. The van der Waals surface area contributed by atoms with Crippen molar-refractivity contribution in [2.75, 3.05) is 4.72 Å². The van der Waals surface area contributed by atoms with Gasteiger partial charge in [-0.2, -0.15) is 5.10 Å². The van der Waals surface area contributed by atoms with Crippen molar-refractivity contribution in [3.05, 3.63) is 70.0 Å². The van der Waals surface area contributed by atoms with Gasteiger partial charge in [-0.15, -0.1) is 0 Å². The van der Waals surface area contributed by atoms with Gasteiger partial charge in [0.15, 0.2) is 0 Å². The minimum atomic E-state index is -3.91. The van der Waals surface area contributed by atoms with Crippen LogP contribution in [-0.4, -0.2) is 29.3 Å². The molecule has 2 aromatic carbocycles. The summed E-state index contributed by atoms with van der Waals surface area (Å²) >= 11 is 6.18. The normalized spacial score (nSPS) is 12.1. The Morgan fingerprint density at radius 1 is 1.16 bits per heavy atom. The maximum Gasteiger partial charge on any atom is 0.339 e. The van der Waals surface area contributed by atoms with Gasteiger partial charge in [-0.3, -0.25) is 4.72 Å². The van der Waals surface area contributed by atoms with Crippen molar-refractivity contribution in [1.82, 2.24) is 9.78 Å². The first-order valence-electron chi connectivity index (χ1n) is 10.1. The quantitative estimate of drug-likeness (QED) is 0.510. The molecule has 3 rings (SSSR count). The highest BCUT2D eigenvalue weighted by Gasteiger charge is 2.24. The van der Waals surface area contributed by atoms with E-state index in [-0.39, 0.29) is 21.6 Å². The molecule has 1 heterocycles. The fourth-order valence-electron chi connectivity index (χ4n) is 3.42. The van der Waals surface area contributed by atoms with Crippen molar-refractivity contribution in [3.8, 4) is 5.69 Å². The molecule has 0 fully saturated rings. The van der Waals surface area contributed by atoms with E-state index >= 15 is 0 Å². The number of carbonyl (C=O) groups is 1. The molecule has 0 aliphatic carbocycles. The van der Waals surface area contributed by atoms with E-state index in [9.17, 15) is 18.3 Å². The van der Waals surface area contributed by atoms with E-state index in [1.807, 2.05) is 0 Å². The molecule has 0 atom stereocenters. The molecule has 32 heavy (non-hydrogen) atoms. The highest BCUT2D eigenvalue weighted by atomic mass is 35.5. The van der Waals surface area contributed by atoms with E-state index < -0.39 is 16.0 Å². The Bertz CT molecular complexity index is 1270. The number of carboxylic acid groups (broad SMARTS) is 1. The summed E-state index contributed by atoms with van der Waals surface area (Å²) in [4.78, 5) is 11.8. The van der Waals surface area contributed by atoms with E-state index in [2.05, 4.69) is 30.6 Å². The molecule has 170 valence electrons. The number of anilines is 1. The van der Waals surface area contributed by atoms with Crippen LogP contribution >= 0.6 is 11.6 Å². The third-order valence-corrected chi connectivity index (χ3v) is 6.82. The lowest BCUT2D eigenvalue weighted by Gasteiger charge is -2.19. The number of benzene rings is 2. The number of hydrogen-bond donors (Lipinski definition) is 2. The topological polar surface area (TPSA) is 101 Å². The van der Waals surface area contributed by atoms with E-state index in [4.69, 9.17) is 11.6 Å². The first-order valence-corrected chi connectivity index (χ1v) is 12.0. The van der Waals surface area contributed by atoms with Gasteiger partial charge in [0.05, 0.1) is 27.7 Å². The number of aromatic carboxylic acids is 1. The molecule has 0 amide bonds. The van der Waals surface area contributed by atoms with Crippen LogP contribution in [0.4, 0.5) is 5.69 Å². The Hall–Kier alpha value is -2.84. The second kappa shape index (κ2) is 8.60. The van der Waals surface area contributed by atoms with Crippen LogP contribution in [0.25, 0.3) is 5.69 Å². The van der Waals surface area contributed by atoms with E-state index in [0.717, 1.165) is 5.56 Å². The molecule has 0 aliphatic heterocycles. The number of nitrogens with one attached hydrogen (secondary N) is 1. The van der Waals surface area contributed by atoms with Gasteiger partial charge in [-0.05, 0) is 54.7 Å². The summed E-state index contributed by atoms with van der Waals surface area (Å²) in [7, 11) is -3.91. The minimum Gasteiger partial charge on any atom is -0.478 e. The third-order valence-electron chi connectivity index (χ3n) is 5.20. The van der Waals surface area contributed by atoms with Crippen LogP contribution in [0.3, 0.4) is 0 Å². The smallest absolute Gasteiger partial charge is 0.339 e. The molecule has 0 radical (unpaired) electrons. The molecule has 9 heteroatoms. The van der Waals surface area contributed by atoms with Gasteiger partial charge < -0.3 is 5.11 Å². The zero-order valence-corrected chi connectivity index (χ0v) is 20.2. The predicted octanol–water partition coefficient (Wildman–Crippen LogP) is 5.19. The lowest BCUT2D eigenvalue weighted by molar-refractivity contribution is 0.0695. The van der Waals surface area contributed by atoms with Gasteiger partial charge in [0.25, 0.3) is 10.0 Å². The van der Waals surface area contributed by atoms with Gasteiger partial charge in [0.1, 0.15) is 5.56 Å². The Morgan fingerprint density at radius 2 is 1.78 bits per heavy atom. The van der Waals surface area contributed by atoms with E-state index in [1.165, 1.54) is 10.7 Å². The molecule has 1 aromatic heterocycles. The maximum absolute atomic E-state index is 13.1. The number of hydrogen-bond acceptors (Lipinski definition) is 4. The molecule has 0 saturated heterocycles. The SMILES string of the molecule is CCc1nn(-c2cc(Cl)ccc2NS(=O)(=O)c2ccc(C(C)(C)C)cc2)c(C)c1C(=O)O. The summed E-state index contributed by atoms with van der Waals surface area (Å²) in [6.07, 6.45) is 0.414. The summed E-state index contributed by atoms with van der Waals surface area (Å²) < 4.78 is 30.2. The van der Waals surface area contributed by atoms with E-state index in [1.54, 1.807) is 50.2 Å². The van der Waals surface area contributed by atoms with Crippen molar-refractivity contribution in [2.45, 2.75) is 51.3 Å². The Morgan fingerprint density at radius 3 is 2.28 bits per heavy atom. The summed E-state index contributed by atoms with van der Waals surface area (Å²) in [6.45, 7) is 9.59. The first-order chi connectivity index (χ1) is 14.8. The van der Waals surface area contributed by atoms with Crippen molar-refractivity contribution in [2.24, 2.45) is 0 Å². The van der Waals surface area contributed by atoms with Crippen molar-refractivity contribution in [3.63, 3.8) is 0 Å². The zero-order valence-electron chi connectivity index (χ0n) is 18.6. The second-order valence-electron chi connectivity index (χ2n) is 8.52. The summed E-state index contributed by atoms with van der Waals surface area (Å²) in [5.41, 5.74) is 2.37. The summed E-state index contributed by atoms with van der Waals surface area (Å²) in [6, 6.07) is 11.4. The highest BCUT2D eigenvalue weighted by molar-refractivity contribution is 7.92. The van der Waals surface area contributed by atoms with Gasteiger partial charge in [-0.1, -0.05) is 51.4 Å². The number of nitrogens with zero attached hydrogens (tertiary/aromatic N) is 2. The molecule has 0 bridgehead atoms. The zero-order chi connectivity index (χ0) is 23.8. The van der Waals surface area contributed by atoms with Crippen LogP contribution in [0.1, 0.15) is 55.0 Å². The third kappa shape index (κ3) is 4.66. The summed E-state index contributed by atoms with van der Waals surface area (Å²) in [5, 5.41) is 14.4. The van der Waals surface area contributed by atoms with Gasteiger partial charge in [0.2, 0.25) is 0 Å². The molecule has 7 nitrogen and oxygen atoms in total. The number of carboxylic acids is 1. The number of halogens is 1. The maximum atomic E-state index is 13.1. The highest BCUT2D eigenvalue weighted by Crippen LogP contribution is 2.30. The Kier molecular flexibility index (Phi) is 6.40. The molecular weight excluding hydrogens is 450 g/mol. The first kappa shape index (κ1) is 23.8. The number of aromatic nitrogens is 2. The van der Waals surface area contributed by atoms with Gasteiger partial charge in [0, 0.05) is 5.02 Å². The molecular formula is C23H26ClN3O4S. The average Bonchev–Trinajstić information content (AvgIpc) is 3.05. The monoisotopic (exact) mass is 475 g/mol. The predicted molar refractivity (Wildman–Crippen MR) is 126 cm³/mol. The lowest BCUT2D eigenvalue weighted by atomic mass is 9.87. The Labute approximate surface area is 193 Å². The Balaban J connectivity index is 2.07. The van der Waals surface area contributed by atoms with Gasteiger partial charge in [-0.25, -0.2) is 17.9 Å². The van der Waals surface area contributed by atoms with Crippen molar-refractivity contribution >= 4 is 33.3 Å².